The maximum Gasteiger partial charge on any atom is 0.305 e. The molecule has 3 fully saturated rings. The van der Waals surface area contributed by atoms with Crippen molar-refractivity contribution in [3.63, 3.8) is 0 Å². The van der Waals surface area contributed by atoms with Crippen molar-refractivity contribution in [3.8, 4) is 0 Å². The Morgan fingerprint density at radius 1 is 1.13 bits per heavy atom. The van der Waals surface area contributed by atoms with Crippen LogP contribution in [0.15, 0.2) is 11.6 Å². The van der Waals surface area contributed by atoms with Gasteiger partial charge in [-0.25, -0.2) is 4.39 Å². The summed E-state index contributed by atoms with van der Waals surface area (Å²) in [5, 5.41) is 0. The monoisotopic (exact) mass is 550 g/mol. The van der Waals surface area contributed by atoms with Gasteiger partial charge in [0.2, 0.25) is 0 Å². The van der Waals surface area contributed by atoms with E-state index < -0.39 is 0 Å². The van der Waals surface area contributed by atoms with Crippen LogP contribution < -0.4 is 0 Å². The molecule has 0 amide bonds. The lowest BCUT2D eigenvalue weighted by molar-refractivity contribution is -0.140. The molecule has 0 spiro atoms. The summed E-state index contributed by atoms with van der Waals surface area (Å²) >= 11 is 2.08. The van der Waals surface area contributed by atoms with E-state index in [9.17, 15) is 4.79 Å². The quantitative estimate of drug-likeness (QED) is 0.192. The molecule has 4 rings (SSSR count). The number of methoxy groups -OCH3 is 1. The summed E-state index contributed by atoms with van der Waals surface area (Å²) in [7, 11) is 2.72. The maximum atomic E-state index is 15.3. The van der Waals surface area contributed by atoms with E-state index in [1.807, 2.05) is 0 Å². The first-order chi connectivity index (χ1) is 14.3. The van der Waals surface area contributed by atoms with Gasteiger partial charge in [-0.2, -0.15) is 0 Å². The Kier molecular flexibility index (Phi) is 7.04. The molecule has 30 heavy (non-hydrogen) atoms. The van der Waals surface area contributed by atoms with Gasteiger partial charge in [0.15, 0.2) is 0 Å². The van der Waals surface area contributed by atoms with Gasteiger partial charge in [0, 0.05) is 40.0 Å². The van der Waals surface area contributed by atoms with Crippen LogP contribution >= 0.6 is 30.4 Å². The lowest BCUT2D eigenvalue weighted by Gasteiger charge is -2.60. The zero-order valence-corrected chi connectivity index (χ0v) is 21.5. The number of rotatable bonds is 6. The summed E-state index contributed by atoms with van der Waals surface area (Å²) in [4.78, 5) is 11.5. The van der Waals surface area contributed by atoms with E-state index in [1.165, 1.54) is 42.0 Å². The predicted octanol–water partition coefficient (Wildman–Crippen LogP) is 7.79. The van der Waals surface area contributed by atoms with Gasteiger partial charge in [-0.3, -0.25) is 4.79 Å². The molecule has 0 saturated heterocycles. The van der Waals surface area contributed by atoms with E-state index in [2.05, 4.69) is 35.1 Å². The van der Waals surface area contributed by atoms with Gasteiger partial charge < -0.3 is 8.92 Å². The van der Waals surface area contributed by atoms with Crippen LogP contribution in [0.3, 0.4) is 0 Å². The molecule has 7 atom stereocenters. The lowest BCUT2D eigenvalue weighted by Crippen LogP contribution is -2.53. The number of esters is 1. The highest BCUT2D eigenvalue weighted by Crippen LogP contribution is 2.68. The minimum atomic E-state index is -0.0821. The standard InChI is InChI=1S/C24H36FIO3S/c1-23-13-11-18-16(17(23)9-7-15(23)5-4-6-21(27)28-3)8-10-19-22(25)20(29-30-26)12-14-24(18,19)2/h15-19H,4-14H2,1-3H3/t15?,16?,17?,18?,19-,23?,24?/m1/s1. The van der Waals surface area contributed by atoms with Crippen LogP contribution in [0.2, 0.25) is 0 Å². The second-order valence-corrected chi connectivity index (χ2v) is 12.1. The van der Waals surface area contributed by atoms with Crippen LogP contribution in [0.1, 0.15) is 84.5 Å². The second-order valence-electron chi connectivity index (χ2n) is 10.7. The fourth-order valence-electron chi connectivity index (χ4n) is 8.23. The van der Waals surface area contributed by atoms with E-state index in [-0.39, 0.29) is 23.1 Å². The van der Waals surface area contributed by atoms with Gasteiger partial charge in [-0.05, 0) is 92.3 Å². The van der Waals surface area contributed by atoms with Crippen molar-refractivity contribution in [2.45, 2.75) is 84.5 Å². The molecule has 0 aliphatic heterocycles. The third-order valence-corrected chi connectivity index (χ3v) is 10.6. The molecule has 4 aliphatic rings. The highest BCUT2D eigenvalue weighted by Gasteiger charge is 2.60. The minimum Gasteiger partial charge on any atom is -0.469 e. The minimum absolute atomic E-state index is 0.0480. The average Bonchev–Trinajstić information content (AvgIpc) is 3.06. The SMILES string of the molecule is COC(=O)CCCC1CCC2C3CC[C@@H]4C(F)=C(OSI)CCC4(C)C3CCC12C. The summed E-state index contributed by atoms with van der Waals surface area (Å²) in [6.45, 7) is 4.91. The predicted molar refractivity (Wildman–Crippen MR) is 127 cm³/mol. The Balaban J connectivity index is 1.48. The average molecular weight is 551 g/mol. The fraction of sp³-hybridized carbons (Fsp3) is 0.875. The molecule has 4 aliphatic carbocycles. The first-order valence-corrected chi connectivity index (χ1v) is 15.0. The van der Waals surface area contributed by atoms with Crippen LogP contribution in [-0.2, 0) is 13.7 Å². The summed E-state index contributed by atoms with van der Waals surface area (Å²) < 4.78 is 25.7. The third-order valence-electron chi connectivity index (χ3n) is 9.82. The van der Waals surface area contributed by atoms with E-state index >= 15 is 4.39 Å². The van der Waals surface area contributed by atoms with Crippen LogP contribution in [0.5, 0.6) is 0 Å². The van der Waals surface area contributed by atoms with Crippen molar-refractivity contribution >= 4 is 36.4 Å². The highest BCUT2D eigenvalue weighted by atomic mass is 127. The normalized spacial score (nSPS) is 42.9. The van der Waals surface area contributed by atoms with Gasteiger partial charge in [0.05, 0.1) is 7.11 Å². The van der Waals surface area contributed by atoms with Crippen LogP contribution in [0.25, 0.3) is 0 Å². The number of halogens is 2. The topological polar surface area (TPSA) is 35.5 Å². The molecule has 3 nitrogen and oxygen atoms in total. The Labute approximate surface area is 197 Å². The van der Waals surface area contributed by atoms with E-state index in [0.717, 1.165) is 56.3 Å². The van der Waals surface area contributed by atoms with Gasteiger partial charge >= 0.3 is 5.97 Å². The molecule has 0 heterocycles. The zero-order valence-electron chi connectivity index (χ0n) is 18.6. The molecule has 0 aromatic rings. The Hall–Kier alpha value is 0.0200. The summed E-state index contributed by atoms with van der Waals surface area (Å²) in [6.07, 6.45) is 11.7. The van der Waals surface area contributed by atoms with E-state index in [0.29, 0.717) is 23.5 Å². The highest BCUT2D eigenvalue weighted by molar-refractivity contribution is 14.2. The number of hydrogen-bond acceptors (Lipinski definition) is 4. The van der Waals surface area contributed by atoms with Gasteiger partial charge in [-0.1, -0.05) is 13.8 Å². The number of hydrogen-bond donors (Lipinski definition) is 0. The molecular formula is C24H36FIO3S. The number of carbonyl (C=O) groups is 1. The number of ether oxygens (including phenoxy) is 1. The largest absolute Gasteiger partial charge is 0.469 e. The molecule has 0 aromatic heterocycles. The van der Waals surface area contributed by atoms with Crippen molar-refractivity contribution in [1.29, 1.82) is 0 Å². The Morgan fingerprint density at radius 3 is 2.63 bits per heavy atom. The van der Waals surface area contributed by atoms with E-state index in [1.54, 1.807) is 0 Å². The maximum absolute atomic E-state index is 15.3. The van der Waals surface area contributed by atoms with Crippen molar-refractivity contribution < 1.29 is 18.1 Å². The number of carbonyl (C=O) groups excluding carboxylic acids is 1. The lowest BCUT2D eigenvalue weighted by atomic mass is 9.45. The third kappa shape index (κ3) is 3.84. The molecule has 0 bridgehead atoms. The Morgan fingerprint density at radius 2 is 1.90 bits per heavy atom. The fourth-order valence-corrected chi connectivity index (χ4v) is 9.12. The zero-order chi connectivity index (χ0) is 21.5. The van der Waals surface area contributed by atoms with E-state index in [4.69, 9.17) is 8.92 Å². The van der Waals surface area contributed by atoms with Crippen molar-refractivity contribution in [2.24, 2.45) is 40.4 Å². The number of fused-ring (bicyclic) bond motifs is 5. The molecule has 0 N–H and O–H groups in total. The Bertz CT molecular complexity index is 700. The number of allylic oxidation sites excluding steroid dienone is 2. The molecule has 3 saturated carbocycles. The van der Waals surface area contributed by atoms with Crippen LogP contribution in [0.4, 0.5) is 4.39 Å². The van der Waals surface area contributed by atoms with Crippen molar-refractivity contribution in [1.82, 2.24) is 0 Å². The molecule has 0 aromatic carbocycles. The van der Waals surface area contributed by atoms with Gasteiger partial charge in [0.1, 0.15) is 20.8 Å². The van der Waals surface area contributed by atoms with Crippen molar-refractivity contribution in [2.75, 3.05) is 7.11 Å². The summed E-state index contributed by atoms with van der Waals surface area (Å²) in [6, 6.07) is 0. The molecular weight excluding hydrogens is 514 g/mol. The van der Waals surface area contributed by atoms with Crippen molar-refractivity contribution in [3.05, 3.63) is 11.6 Å². The van der Waals surface area contributed by atoms with Crippen LogP contribution in [0, 0.1) is 40.4 Å². The molecule has 0 radical (unpaired) electrons. The van der Waals surface area contributed by atoms with Crippen LogP contribution in [-0.4, -0.2) is 13.1 Å². The first-order valence-electron chi connectivity index (χ1n) is 11.8. The first kappa shape index (κ1) is 23.2. The summed E-state index contributed by atoms with van der Waals surface area (Å²) in [5.74, 6) is 3.49. The smallest absolute Gasteiger partial charge is 0.305 e. The molecule has 6 heteroatoms. The second kappa shape index (κ2) is 9.11. The van der Waals surface area contributed by atoms with Gasteiger partial charge in [0.25, 0.3) is 0 Å². The molecule has 170 valence electrons. The molecule has 6 unspecified atom stereocenters. The van der Waals surface area contributed by atoms with Gasteiger partial charge in [-0.15, -0.1) is 0 Å². The summed E-state index contributed by atoms with van der Waals surface area (Å²) in [5.41, 5.74) is 0.482.